The largest absolute Gasteiger partial charge is 0.460 e. The zero-order valence-corrected chi connectivity index (χ0v) is 63.1. The molecule has 116 heavy (non-hydrogen) atoms. The number of nitrogens with zero attached hydrogens (tertiary/aromatic N) is 4. The molecule has 2 unspecified atom stereocenters. The molecule has 18 aromatic rings. The van der Waals surface area contributed by atoms with E-state index in [1.54, 1.807) is 0 Å². The Morgan fingerprint density at radius 1 is 0.250 bits per heavy atom. The predicted molar refractivity (Wildman–Crippen MR) is 469 cm³/mol. The van der Waals surface area contributed by atoms with Crippen LogP contribution in [0, 0.1) is 0 Å². The van der Waals surface area contributed by atoms with Crippen LogP contribution in [-0.2, 0) is 10.8 Å². The smallest absolute Gasteiger partial charge is 0.160 e. The van der Waals surface area contributed by atoms with Crippen molar-refractivity contribution in [1.29, 1.82) is 0 Å². The van der Waals surface area contributed by atoms with Gasteiger partial charge >= 0.3 is 0 Å². The van der Waals surface area contributed by atoms with Crippen molar-refractivity contribution in [2.24, 2.45) is 0 Å². The SMILES string of the molecule is C1=CC2=C(Oc3ccccc3C23c2ccccc2-c2ccccc23)C(c2cccc(-c3nc(-c4ccc(-c5ccccc5)cc4)cc(-c4ccc(-c5cccc(-c6ccc7c(c6)C6(c8ccccc8Oc8c(-c9cccc(-c%10nc(-c%11ccccc%11)cc(-c%11cccc%12ccccc%11%12)n%10)c9)cccc86)c6ccccc6-7)c5)cc4)n3)c2)C1. The summed E-state index contributed by atoms with van der Waals surface area (Å²) in [7, 11) is 0. The first-order valence-electron chi connectivity index (χ1n) is 39.9. The normalized spacial score (nSPS) is 15.3. The van der Waals surface area contributed by atoms with Crippen LogP contribution in [0.25, 0.3) is 145 Å². The summed E-state index contributed by atoms with van der Waals surface area (Å²) in [6.45, 7) is 0. The van der Waals surface area contributed by atoms with Gasteiger partial charge in [0.1, 0.15) is 23.0 Å². The number of hydrogen-bond donors (Lipinski definition) is 0. The maximum atomic E-state index is 7.34. The predicted octanol–water partition coefficient (Wildman–Crippen LogP) is 27.3. The summed E-state index contributed by atoms with van der Waals surface area (Å²) in [5.74, 6) is 4.73. The van der Waals surface area contributed by atoms with Crippen LogP contribution in [0.1, 0.15) is 56.8 Å². The highest BCUT2D eigenvalue weighted by Crippen LogP contribution is 2.65. The van der Waals surface area contributed by atoms with Crippen LogP contribution >= 0.6 is 0 Å². The minimum Gasteiger partial charge on any atom is -0.460 e. The highest BCUT2D eigenvalue weighted by molar-refractivity contribution is 5.98. The molecule has 0 bridgehead atoms. The van der Waals surface area contributed by atoms with E-state index in [1.165, 1.54) is 50.1 Å². The third-order valence-electron chi connectivity index (χ3n) is 24.6. The molecule has 16 aromatic carbocycles. The fourth-order valence-corrected chi connectivity index (χ4v) is 19.4. The average molecular weight is 1480 g/mol. The standard InChI is InChI=1S/C110H70N4O2/c1-3-25-69(26-4-1)70-53-57-74(58-54-70)99-67-100(112-107(111-99)81-35-20-33-79(64-81)84-41-23-49-96-105(84)115-103-51-17-15-47-94(103)109(96)91-44-12-9-38-86(91)87-39-10-13-45-92(87)109)75-59-55-71(56-60-75)76-31-19-32-77(63-76)78-61-62-89-88-40-11-14-46-93(88)110(98(89)66-78)95-48-16-18-52-104(95)116-106-85(42-24-50-97(106)110)80-34-21-36-82(65-80)108-113-101(73-28-5-2-6-29-73)68-102(114-108)90-43-22-30-72-27-7-8-37-83(72)90/h1-40,42-68,84H,41H2. The maximum absolute atomic E-state index is 7.34. The minimum atomic E-state index is -0.740. The quantitative estimate of drug-likeness (QED) is 0.129. The van der Waals surface area contributed by atoms with Gasteiger partial charge in [0.15, 0.2) is 11.6 Å². The van der Waals surface area contributed by atoms with Crippen LogP contribution in [-0.4, -0.2) is 19.9 Å². The molecule has 2 spiro atoms. The Balaban J connectivity index is 0.600. The summed E-state index contributed by atoms with van der Waals surface area (Å²) in [6.07, 6.45) is 5.46. The molecule has 0 amide bonds. The van der Waals surface area contributed by atoms with Crippen LogP contribution in [0.3, 0.4) is 0 Å². The van der Waals surface area contributed by atoms with Crippen LogP contribution in [0.2, 0.25) is 0 Å². The zero-order valence-electron chi connectivity index (χ0n) is 63.1. The number of hydrogen-bond acceptors (Lipinski definition) is 6. The topological polar surface area (TPSA) is 70.0 Å². The van der Waals surface area contributed by atoms with E-state index in [2.05, 4.69) is 400 Å². The van der Waals surface area contributed by atoms with Gasteiger partial charge < -0.3 is 9.47 Å². The molecule has 0 fully saturated rings. The van der Waals surface area contributed by atoms with Gasteiger partial charge in [0.2, 0.25) is 0 Å². The molecule has 0 saturated carbocycles. The Morgan fingerprint density at radius 2 is 0.655 bits per heavy atom. The van der Waals surface area contributed by atoms with Crippen LogP contribution in [0.4, 0.5) is 0 Å². The summed E-state index contributed by atoms with van der Waals surface area (Å²) in [4.78, 5) is 21.7. The lowest BCUT2D eigenvalue weighted by Crippen LogP contribution is -2.36. The van der Waals surface area contributed by atoms with Gasteiger partial charge in [0.25, 0.3) is 0 Å². The van der Waals surface area contributed by atoms with E-state index in [4.69, 9.17) is 29.4 Å². The van der Waals surface area contributed by atoms with Crippen LogP contribution in [0.5, 0.6) is 17.2 Å². The van der Waals surface area contributed by atoms with E-state index < -0.39 is 10.8 Å². The molecular weight excluding hydrogens is 1410 g/mol. The maximum Gasteiger partial charge on any atom is 0.160 e. The molecule has 2 aliphatic heterocycles. The Labute approximate surface area is 673 Å². The van der Waals surface area contributed by atoms with Crippen LogP contribution in [0.15, 0.2) is 418 Å². The Kier molecular flexibility index (Phi) is 15.5. The summed E-state index contributed by atoms with van der Waals surface area (Å²) < 4.78 is 14.6. The molecule has 4 heterocycles. The molecular formula is C110H70N4O2. The molecule has 6 heteroatoms. The van der Waals surface area contributed by atoms with Crippen LogP contribution < -0.4 is 9.47 Å². The highest BCUT2D eigenvalue weighted by Gasteiger charge is 2.54. The van der Waals surface area contributed by atoms with E-state index >= 15 is 0 Å². The summed E-state index contributed by atoms with van der Waals surface area (Å²) in [5, 5.41) is 2.30. The summed E-state index contributed by atoms with van der Waals surface area (Å²) in [5.41, 5.74) is 32.3. The van der Waals surface area contributed by atoms with Gasteiger partial charge in [-0.05, 0) is 155 Å². The third kappa shape index (κ3) is 10.6. The monoisotopic (exact) mass is 1480 g/mol. The van der Waals surface area contributed by atoms with Gasteiger partial charge in [0, 0.05) is 67.1 Å². The minimum absolute atomic E-state index is 0.0758. The second kappa shape index (κ2) is 26.9. The number of ether oxygens (including phenoxy) is 2. The Bertz CT molecular complexity index is 7070. The van der Waals surface area contributed by atoms with Gasteiger partial charge in [-0.25, -0.2) is 19.9 Å². The van der Waals surface area contributed by atoms with Gasteiger partial charge in [-0.3, -0.25) is 0 Å². The number of benzene rings is 16. The molecule has 0 saturated heterocycles. The van der Waals surface area contributed by atoms with Crippen molar-refractivity contribution in [3.05, 3.63) is 462 Å². The highest BCUT2D eigenvalue weighted by atomic mass is 16.5. The first-order valence-corrected chi connectivity index (χ1v) is 39.9. The molecule has 542 valence electrons. The molecule has 3 aliphatic carbocycles. The molecule has 2 aromatic heterocycles. The summed E-state index contributed by atoms with van der Waals surface area (Å²) in [6, 6.07) is 142. The van der Waals surface area contributed by atoms with E-state index in [0.717, 1.165) is 163 Å². The van der Waals surface area contributed by atoms with Crippen molar-refractivity contribution in [2.45, 2.75) is 23.2 Å². The lowest BCUT2D eigenvalue weighted by atomic mass is 9.63. The fourth-order valence-electron chi connectivity index (χ4n) is 19.4. The fraction of sp³-hybridized carbons (Fsp3) is 0.0364. The average Bonchev–Trinajstić information content (AvgIpc) is 1.59. The molecule has 6 nitrogen and oxygen atoms in total. The third-order valence-corrected chi connectivity index (χ3v) is 24.6. The second-order valence-electron chi connectivity index (χ2n) is 30.9. The number of fused-ring (bicyclic) bond motifs is 18. The second-order valence-corrected chi connectivity index (χ2v) is 30.9. The van der Waals surface area contributed by atoms with Gasteiger partial charge in [-0.2, -0.15) is 0 Å². The number of aromatic nitrogens is 4. The van der Waals surface area contributed by atoms with E-state index in [9.17, 15) is 0 Å². The molecule has 0 radical (unpaired) electrons. The van der Waals surface area contributed by atoms with Gasteiger partial charge in [-0.1, -0.05) is 358 Å². The first-order chi connectivity index (χ1) is 57.5. The van der Waals surface area contributed by atoms with Crippen molar-refractivity contribution in [3.8, 4) is 152 Å². The lowest BCUT2D eigenvalue weighted by molar-refractivity contribution is 0.345. The van der Waals surface area contributed by atoms with Crippen molar-refractivity contribution in [3.63, 3.8) is 0 Å². The van der Waals surface area contributed by atoms with Crippen molar-refractivity contribution < 1.29 is 9.47 Å². The molecule has 0 N–H and O–H groups in total. The number of para-hydroxylation sites is 3. The summed E-state index contributed by atoms with van der Waals surface area (Å²) >= 11 is 0. The zero-order chi connectivity index (χ0) is 76.4. The van der Waals surface area contributed by atoms with E-state index in [0.29, 0.717) is 11.6 Å². The van der Waals surface area contributed by atoms with E-state index in [-0.39, 0.29) is 5.92 Å². The number of allylic oxidation sites excluding steroid dienone is 4. The number of rotatable bonds is 11. The van der Waals surface area contributed by atoms with Crippen molar-refractivity contribution in [1.82, 2.24) is 19.9 Å². The Hall–Kier alpha value is -15.0. The lowest BCUT2D eigenvalue weighted by Gasteiger charge is -2.43. The van der Waals surface area contributed by atoms with Gasteiger partial charge in [-0.15, -0.1) is 0 Å². The molecule has 2 atom stereocenters. The molecule has 5 aliphatic rings. The van der Waals surface area contributed by atoms with Crippen molar-refractivity contribution >= 4 is 10.8 Å². The van der Waals surface area contributed by atoms with Crippen molar-refractivity contribution in [2.75, 3.05) is 0 Å². The first kappa shape index (κ1) is 66.8. The van der Waals surface area contributed by atoms with E-state index in [1.807, 2.05) is 6.07 Å². The van der Waals surface area contributed by atoms with Gasteiger partial charge in [0.05, 0.1) is 33.6 Å². The Morgan fingerprint density at radius 3 is 1.34 bits per heavy atom. The molecule has 23 rings (SSSR count).